The minimum absolute atomic E-state index is 1.21. The van der Waals surface area contributed by atoms with Crippen LogP contribution < -0.4 is 0 Å². The molecule has 1 heterocycles. The van der Waals surface area contributed by atoms with E-state index in [2.05, 4.69) is 64.3 Å². The van der Waals surface area contributed by atoms with Gasteiger partial charge < -0.3 is 0 Å². The van der Waals surface area contributed by atoms with Gasteiger partial charge in [-0.2, -0.15) is 0 Å². The Kier molecular flexibility index (Phi) is 3.88. The van der Waals surface area contributed by atoms with Crippen LogP contribution in [0.2, 0.25) is 38.3 Å². The summed E-state index contributed by atoms with van der Waals surface area (Å²) in [6.07, 6.45) is 5.35. The number of hydrogen-bond donors (Lipinski definition) is 0. The number of rotatable bonds is 1. The quantitative estimate of drug-likeness (QED) is 0.487. The van der Waals surface area contributed by atoms with Gasteiger partial charge in [-0.15, -0.1) is 0 Å². The molecule has 0 unspecified atom stereocenters. The molecule has 1 aromatic carbocycles. The standard InChI is InChI=1S/C17H27Si2/c1-14-8-9-16(15(2)12-14)13-17-18(3,4)10-7-11-19(17,5)6/h8-9,12H,7,10-11H2,1-6H3/q+1. The first-order chi connectivity index (χ1) is 8.72. The third-order valence-electron chi connectivity index (χ3n) is 4.60. The van der Waals surface area contributed by atoms with E-state index in [1.54, 1.807) is 4.82 Å². The van der Waals surface area contributed by atoms with Crippen molar-refractivity contribution in [2.45, 2.75) is 58.5 Å². The van der Waals surface area contributed by atoms with Gasteiger partial charge >= 0.3 is 0 Å². The second-order valence-electron chi connectivity index (χ2n) is 7.44. The number of aryl methyl sites for hydroxylation is 2. The van der Waals surface area contributed by atoms with Crippen LogP contribution in [0.25, 0.3) is 0 Å². The maximum atomic E-state index is 3.90. The van der Waals surface area contributed by atoms with Gasteiger partial charge in [-0.3, -0.25) is 0 Å². The predicted octanol–water partition coefficient (Wildman–Crippen LogP) is 5.28. The largest absolute Gasteiger partial charge is 0.190 e. The van der Waals surface area contributed by atoms with Crippen molar-refractivity contribution >= 4 is 16.1 Å². The fraction of sp³-hybridized carbons (Fsp3) is 0.529. The zero-order valence-electron chi connectivity index (χ0n) is 13.4. The average Bonchev–Trinajstić information content (AvgIpc) is 2.25. The van der Waals surface area contributed by atoms with E-state index in [1.165, 1.54) is 35.2 Å². The molecule has 0 N–H and O–H groups in total. The van der Waals surface area contributed by atoms with Gasteiger partial charge in [-0.25, -0.2) is 0 Å². The molecule has 1 fully saturated rings. The first-order valence-corrected chi connectivity index (χ1v) is 13.9. The highest BCUT2D eigenvalue weighted by Gasteiger charge is 2.44. The Balaban J connectivity index is 2.49. The molecule has 2 heteroatoms. The first-order valence-electron chi connectivity index (χ1n) is 7.45. The fourth-order valence-electron chi connectivity index (χ4n) is 3.57. The lowest BCUT2D eigenvalue weighted by Crippen LogP contribution is -2.48. The normalized spacial score (nSPS) is 21.1. The first kappa shape index (κ1) is 14.7. The van der Waals surface area contributed by atoms with Crippen molar-refractivity contribution in [3.8, 4) is 0 Å². The van der Waals surface area contributed by atoms with E-state index in [-0.39, 0.29) is 0 Å². The maximum absolute atomic E-state index is 3.90. The lowest BCUT2D eigenvalue weighted by atomic mass is 10.1. The van der Waals surface area contributed by atoms with Gasteiger partial charge in [-0.05, 0) is 18.6 Å². The molecular weight excluding hydrogens is 260 g/mol. The van der Waals surface area contributed by atoms with Crippen LogP contribution in [-0.4, -0.2) is 16.1 Å². The second kappa shape index (κ2) is 5.01. The molecule has 1 saturated heterocycles. The van der Waals surface area contributed by atoms with Crippen LogP contribution in [0.4, 0.5) is 0 Å². The van der Waals surface area contributed by atoms with Crippen molar-refractivity contribution in [1.29, 1.82) is 0 Å². The van der Waals surface area contributed by atoms with Gasteiger partial charge in [0.15, 0.2) is 5.56 Å². The molecule has 0 saturated carbocycles. The van der Waals surface area contributed by atoms with Gasteiger partial charge in [0.05, 0.1) is 27.8 Å². The molecule has 2 rings (SSSR count). The maximum Gasteiger partial charge on any atom is 0.190 e. The SMILES string of the molecule is Cc1ccc([C+]=C2[Si](C)(C)CCC[Si]2(C)C)c(C)c1. The summed E-state index contributed by atoms with van der Waals surface area (Å²) < 4.78 is 0. The van der Waals surface area contributed by atoms with Gasteiger partial charge in [0.2, 0.25) is 0 Å². The van der Waals surface area contributed by atoms with Crippen LogP contribution in [0, 0.1) is 19.9 Å². The summed E-state index contributed by atoms with van der Waals surface area (Å²) in [6.45, 7) is 14.6. The van der Waals surface area contributed by atoms with E-state index < -0.39 is 16.1 Å². The molecule has 0 bridgehead atoms. The van der Waals surface area contributed by atoms with Gasteiger partial charge in [0.25, 0.3) is 0 Å². The van der Waals surface area contributed by atoms with Gasteiger partial charge in [0, 0.05) is 23.9 Å². The van der Waals surface area contributed by atoms with E-state index in [9.17, 15) is 0 Å². The Bertz CT molecular complexity index is 492. The molecule has 0 nitrogen and oxygen atoms in total. The third-order valence-corrected chi connectivity index (χ3v) is 14.8. The smallest absolute Gasteiger partial charge is 0.0644 e. The molecule has 0 radical (unpaired) electrons. The Labute approximate surface area is 121 Å². The van der Waals surface area contributed by atoms with Crippen LogP contribution in [-0.2, 0) is 0 Å². The molecular formula is C17H27Si2+. The van der Waals surface area contributed by atoms with E-state index in [4.69, 9.17) is 0 Å². The summed E-state index contributed by atoms with van der Waals surface area (Å²) in [4.78, 5) is 1.78. The number of benzene rings is 1. The van der Waals surface area contributed by atoms with Crippen molar-refractivity contribution in [2.24, 2.45) is 0 Å². The van der Waals surface area contributed by atoms with Gasteiger partial charge in [-0.1, -0.05) is 44.7 Å². The highest BCUT2D eigenvalue weighted by molar-refractivity contribution is 7.06. The van der Waals surface area contributed by atoms with Crippen LogP contribution in [0.1, 0.15) is 23.1 Å². The zero-order valence-corrected chi connectivity index (χ0v) is 15.4. The van der Waals surface area contributed by atoms with Crippen molar-refractivity contribution in [1.82, 2.24) is 0 Å². The third kappa shape index (κ3) is 3.07. The lowest BCUT2D eigenvalue weighted by Gasteiger charge is -2.38. The van der Waals surface area contributed by atoms with Gasteiger partial charge in [0.1, 0.15) is 0 Å². The Morgan fingerprint density at radius 3 is 2.05 bits per heavy atom. The molecule has 1 aliphatic rings. The van der Waals surface area contributed by atoms with E-state index >= 15 is 0 Å². The van der Waals surface area contributed by atoms with Crippen LogP contribution in [0.5, 0.6) is 0 Å². The Hall–Kier alpha value is -0.696. The van der Waals surface area contributed by atoms with Crippen LogP contribution in [0.15, 0.2) is 23.0 Å². The van der Waals surface area contributed by atoms with Crippen molar-refractivity contribution in [2.75, 3.05) is 0 Å². The minimum atomic E-state index is -1.21. The predicted molar refractivity (Wildman–Crippen MR) is 91.0 cm³/mol. The second-order valence-corrected chi connectivity index (χ2v) is 17.5. The highest BCUT2D eigenvalue weighted by atomic mass is 28.4. The summed E-state index contributed by atoms with van der Waals surface area (Å²) in [7, 11) is -2.41. The van der Waals surface area contributed by atoms with Crippen LogP contribution in [0.3, 0.4) is 0 Å². The van der Waals surface area contributed by atoms with Crippen molar-refractivity contribution in [3.05, 3.63) is 45.8 Å². The summed E-state index contributed by atoms with van der Waals surface area (Å²) in [6, 6.07) is 9.69. The summed E-state index contributed by atoms with van der Waals surface area (Å²) in [5, 5.41) is 0. The minimum Gasteiger partial charge on any atom is -0.0644 e. The molecule has 1 aliphatic heterocycles. The average molecular weight is 288 g/mol. The highest BCUT2D eigenvalue weighted by Crippen LogP contribution is 2.39. The van der Waals surface area contributed by atoms with E-state index in [0.29, 0.717) is 0 Å². The molecule has 0 atom stereocenters. The zero-order chi connectivity index (χ0) is 14.3. The number of hydrogen-bond acceptors (Lipinski definition) is 0. The van der Waals surface area contributed by atoms with Crippen LogP contribution >= 0.6 is 0 Å². The Morgan fingerprint density at radius 2 is 1.53 bits per heavy atom. The molecule has 102 valence electrons. The molecule has 1 aromatic rings. The van der Waals surface area contributed by atoms with E-state index in [1.807, 2.05) is 0 Å². The van der Waals surface area contributed by atoms with Crippen molar-refractivity contribution < 1.29 is 0 Å². The van der Waals surface area contributed by atoms with Crippen molar-refractivity contribution in [3.63, 3.8) is 0 Å². The molecule has 0 amide bonds. The lowest BCUT2D eigenvalue weighted by molar-refractivity contribution is 0.995. The monoisotopic (exact) mass is 287 g/mol. The Morgan fingerprint density at radius 1 is 0.947 bits per heavy atom. The topological polar surface area (TPSA) is 0 Å². The summed E-state index contributed by atoms with van der Waals surface area (Å²) >= 11 is 0. The summed E-state index contributed by atoms with van der Waals surface area (Å²) in [5.74, 6) is 0. The molecule has 0 aliphatic carbocycles. The molecule has 0 aromatic heterocycles. The fourth-order valence-corrected chi connectivity index (χ4v) is 15.6. The molecule has 19 heavy (non-hydrogen) atoms. The van der Waals surface area contributed by atoms with E-state index in [0.717, 1.165) is 0 Å². The molecule has 0 spiro atoms. The summed E-state index contributed by atoms with van der Waals surface area (Å²) in [5.41, 5.74) is 4.07.